The number of aromatic nitrogens is 2. The first-order valence-electron chi connectivity index (χ1n) is 8.52. The lowest BCUT2D eigenvalue weighted by Gasteiger charge is -2.40. The van der Waals surface area contributed by atoms with E-state index in [2.05, 4.69) is 25.5 Å². The second-order valence-electron chi connectivity index (χ2n) is 6.50. The lowest BCUT2D eigenvalue weighted by Crippen LogP contribution is -2.54. The summed E-state index contributed by atoms with van der Waals surface area (Å²) in [5.41, 5.74) is -0.559. The molecule has 7 nitrogen and oxygen atoms in total. The number of halogens is 1. The smallest absolute Gasteiger partial charge is 0.322 e. The van der Waals surface area contributed by atoms with Crippen molar-refractivity contribution >= 4 is 29.4 Å². The molecule has 2 fully saturated rings. The molecular formula is C18H18ClN5O2. The van der Waals surface area contributed by atoms with Gasteiger partial charge in [0.05, 0.1) is 10.7 Å². The van der Waals surface area contributed by atoms with E-state index >= 15 is 0 Å². The van der Waals surface area contributed by atoms with Gasteiger partial charge in [0.1, 0.15) is 5.82 Å². The molecule has 2 aromatic rings. The number of anilines is 1. The lowest BCUT2D eigenvalue weighted by atomic mass is 9.75. The zero-order valence-corrected chi connectivity index (χ0v) is 14.7. The average molecular weight is 372 g/mol. The maximum absolute atomic E-state index is 12.7. The Morgan fingerprint density at radius 2 is 1.85 bits per heavy atom. The fraction of sp³-hybridized carbons (Fsp3) is 0.333. The summed E-state index contributed by atoms with van der Waals surface area (Å²) in [6.07, 6.45) is 4.76. The maximum atomic E-state index is 12.7. The van der Waals surface area contributed by atoms with Crippen LogP contribution in [-0.4, -0.2) is 35.0 Å². The molecule has 134 valence electrons. The van der Waals surface area contributed by atoms with Crippen molar-refractivity contribution < 1.29 is 9.59 Å². The van der Waals surface area contributed by atoms with Crippen LogP contribution in [0.5, 0.6) is 0 Å². The number of urea groups is 1. The highest BCUT2D eigenvalue weighted by molar-refractivity contribution is 6.32. The van der Waals surface area contributed by atoms with Crippen LogP contribution in [0.3, 0.4) is 0 Å². The van der Waals surface area contributed by atoms with Crippen LogP contribution in [0.15, 0.2) is 42.7 Å². The highest BCUT2D eigenvalue weighted by Crippen LogP contribution is 2.39. The summed E-state index contributed by atoms with van der Waals surface area (Å²) in [5.74, 6) is 0.345. The van der Waals surface area contributed by atoms with E-state index in [-0.39, 0.29) is 11.8 Å². The molecular weight excluding hydrogens is 354 g/mol. The van der Waals surface area contributed by atoms with Crippen molar-refractivity contribution in [3.05, 3.63) is 53.4 Å². The monoisotopic (exact) mass is 371 g/mol. The Bertz CT molecular complexity index is 838. The summed E-state index contributed by atoms with van der Waals surface area (Å²) < 4.78 is 0. The fourth-order valence-electron chi connectivity index (χ4n) is 3.88. The van der Waals surface area contributed by atoms with Gasteiger partial charge in [-0.25, -0.2) is 9.78 Å². The highest BCUT2D eigenvalue weighted by Gasteiger charge is 2.54. The van der Waals surface area contributed by atoms with Crippen LogP contribution in [-0.2, 0) is 10.3 Å². The van der Waals surface area contributed by atoms with Crippen LogP contribution in [0.4, 0.5) is 10.6 Å². The van der Waals surface area contributed by atoms with Gasteiger partial charge in [-0.2, -0.15) is 0 Å². The van der Waals surface area contributed by atoms with Crippen molar-refractivity contribution in [1.29, 1.82) is 0 Å². The van der Waals surface area contributed by atoms with Crippen LogP contribution >= 0.6 is 11.6 Å². The number of imide groups is 1. The van der Waals surface area contributed by atoms with E-state index in [0.717, 1.165) is 5.82 Å². The zero-order valence-electron chi connectivity index (χ0n) is 14.0. The molecule has 2 N–H and O–H groups in total. The Kier molecular flexibility index (Phi) is 4.24. The summed E-state index contributed by atoms with van der Waals surface area (Å²) in [7, 11) is 0. The Hall–Kier alpha value is -2.67. The van der Waals surface area contributed by atoms with E-state index in [1.54, 1.807) is 30.6 Å². The predicted octanol–water partition coefficient (Wildman–Crippen LogP) is 2.08. The van der Waals surface area contributed by atoms with Crippen LogP contribution < -0.4 is 15.5 Å². The second kappa shape index (κ2) is 6.57. The van der Waals surface area contributed by atoms with Gasteiger partial charge in [-0.15, -0.1) is 0 Å². The van der Waals surface area contributed by atoms with Gasteiger partial charge < -0.3 is 10.2 Å². The first-order chi connectivity index (χ1) is 12.6. The molecule has 4 heterocycles. The van der Waals surface area contributed by atoms with Crippen molar-refractivity contribution in [2.24, 2.45) is 5.92 Å². The SMILES string of the molecule is O=C1NC(=O)C(c2ccccn2)(C2CCN(c3ncccc3Cl)CC2)N1. The molecule has 1 unspecified atom stereocenters. The summed E-state index contributed by atoms with van der Waals surface area (Å²) in [4.78, 5) is 35.5. The fourth-order valence-corrected chi connectivity index (χ4v) is 4.12. The van der Waals surface area contributed by atoms with E-state index < -0.39 is 11.6 Å². The Balaban J connectivity index is 1.61. The van der Waals surface area contributed by atoms with Crippen LogP contribution in [0.2, 0.25) is 5.02 Å². The third-order valence-corrected chi connectivity index (χ3v) is 5.41. The molecule has 26 heavy (non-hydrogen) atoms. The van der Waals surface area contributed by atoms with Crippen molar-refractivity contribution in [3.8, 4) is 0 Å². The number of nitrogens with zero attached hydrogens (tertiary/aromatic N) is 3. The summed E-state index contributed by atoms with van der Waals surface area (Å²) >= 11 is 6.25. The summed E-state index contributed by atoms with van der Waals surface area (Å²) in [6.45, 7) is 1.39. The Labute approximate surface area is 155 Å². The van der Waals surface area contributed by atoms with Gasteiger partial charge in [-0.1, -0.05) is 17.7 Å². The van der Waals surface area contributed by atoms with E-state index in [1.165, 1.54) is 0 Å². The van der Waals surface area contributed by atoms with Gasteiger partial charge in [0.25, 0.3) is 5.91 Å². The van der Waals surface area contributed by atoms with E-state index in [0.29, 0.717) is 36.6 Å². The first-order valence-corrected chi connectivity index (χ1v) is 8.89. The molecule has 2 aromatic heterocycles. The van der Waals surface area contributed by atoms with Gasteiger partial charge in [0.2, 0.25) is 0 Å². The minimum Gasteiger partial charge on any atom is -0.355 e. The maximum Gasteiger partial charge on any atom is 0.322 e. The van der Waals surface area contributed by atoms with E-state index in [1.807, 2.05) is 12.1 Å². The number of rotatable bonds is 3. The molecule has 0 radical (unpaired) electrons. The number of nitrogens with one attached hydrogen (secondary N) is 2. The van der Waals surface area contributed by atoms with Crippen LogP contribution in [0.1, 0.15) is 18.5 Å². The molecule has 2 saturated heterocycles. The van der Waals surface area contributed by atoms with E-state index in [9.17, 15) is 9.59 Å². The number of hydrogen-bond acceptors (Lipinski definition) is 5. The summed E-state index contributed by atoms with van der Waals surface area (Å²) in [6, 6.07) is 8.54. The molecule has 4 rings (SSSR count). The highest BCUT2D eigenvalue weighted by atomic mass is 35.5. The van der Waals surface area contributed by atoms with Crippen LogP contribution in [0.25, 0.3) is 0 Å². The molecule has 1 atom stereocenters. The minimum absolute atomic E-state index is 0.0670. The van der Waals surface area contributed by atoms with Crippen molar-refractivity contribution in [3.63, 3.8) is 0 Å². The molecule has 0 bridgehead atoms. The van der Waals surface area contributed by atoms with Crippen LogP contribution in [0, 0.1) is 5.92 Å². The number of carbonyl (C=O) groups excluding carboxylic acids is 2. The first kappa shape index (κ1) is 16.8. The normalized spacial score (nSPS) is 23.7. The standard InChI is InChI=1S/C18H18ClN5O2/c19-13-4-3-9-21-15(13)24-10-6-12(7-11-24)18(14-5-1-2-8-20-14)16(25)22-17(26)23-18/h1-5,8-9,12H,6-7,10-11H2,(H2,22,23,25,26). The zero-order chi connectivity index (χ0) is 18.1. The molecule has 2 aliphatic rings. The molecule has 8 heteroatoms. The molecule has 3 amide bonds. The lowest BCUT2D eigenvalue weighted by molar-refractivity contribution is -0.126. The predicted molar refractivity (Wildman–Crippen MR) is 96.8 cm³/mol. The van der Waals surface area contributed by atoms with Gasteiger partial charge >= 0.3 is 6.03 Å². The minimum atomic E-state index is -1.13. The average Bonchev–Trinajstić information content (AvgIpc) is 2.98. The summed E-state index contributed by atoms with van der Waals surface area (Å²) in [5, 5.41) is 5.83. The molecule has 0 aliphatic carbocycles. The third kappa shape index (κ3) is 2.68. The van der Waals surface area contributed by atoms with Gasteiger partial charge in [0, 0.05) is 31.4 Å². The molecule has 2 aliphatic heterocycles. The molecule has 0 spiro atoms. The number of hydrogen-bond donors (Lipinski definition) is 2. The quantitative estimate of drug-likeness (QED) is 0.806. The second-order valence-corrected chi connectivity index (χ2v) is 6.91. The van der Waals surface area contributed by atoms with Gasteiger partial charge in [-0.3, -0.25) is 15.1 Å². The van der Waals surface area contributed by atoms with Crippen molar-refractivity contribution in [1.82, 2.24) is 20.6 Å². The molecule has 0 aromatic carbocycles. The Morgan fingerprint density at radius 1 is 1.08 bits per heavy atom. The Morgan fingerprint density at radius 3 is 2.46 bits per heavy atom. The number of pyridine rings is 2. The van der Waals surface area contributed by atoms with Crippen molar-refractivity contribution in [2.45, 2.75) is 18.4 Å². The number of piperidine rings is 1. The van der Waals surface area contributed by atoms with Crippen molar-refractivity contribution in [2.75, 3.05) is 18.0 Å². The van der Waals surface area contributed by atoms with Gasteiger partial charge in [0.15, 0.2) is 5.54 Å². The number of amides is 3. The largest absolute Gasteiger partial charge is 0.355 e. The van der Waals surface area contributed by atoms with Gasteiger partial charge in [-0.05, 0) is 37.1 Å². The van der Waals surface area contributed by atoms with E-state index in [4.69, 9.17) is 11.6 Å². The number of carbonyl (C=O) groups is 2. The molecule has 0 saturated carbocycles. The topological polar surface area (TPSA) is 87.2 Å². The third-order valence-electron chi connectivity index (χ3n) is 5.11.